The number of rotatable bonds is 2. The average Bonchev–Trinajstić information content (AvgIpc) is 2.75. The monoisotopic (exact) mass is 172 g/mol. The minimum Gasteiger partial charge on any atom is -0.272 e. The van der Waals surface area contributed by atoms with Crippen LogP contribution in [0.15, 0.2) is 6.07 Å². The first-order valence-electron chi connectivity index (χ1n) is 4.00. The van der Waals surface area contributed by atoms with Crippen LogP contribution in [-0.2, 0) is 7.05 Å². The van der Waals surface area contributed by atoms with E-state index >= 15 is 0 Å². The van der Waals surface area contributed by atoms with Crippen molar-refractivity contribution in [1.82, 2.24) is 9.78 Å². The van der Waals surface area contributed by atoms with Gasteiger partial charge < -0.3 is 0 Å². The summed E-state index contributed by atoms with van der Waals surface area (Å²) in [6, 6.07) is 1.52. The molecule has 2 rings (SSSR count). The summed E-state index contributed by atoms with van der Waals surface area (Å²) in [6.45, 7) is 0. The van der Waals surface area contributed by atoms with Crippen molar-refractivity contribution in [2.24, 2.45) is 7.05 Å². The molecule has 66 valence electrons. The first kappa shape index (κ1) is 7.71. The van der Waals surface area contributed by atoms with E-state index in [9.17, 15) is 8.78 Å². The van der Waals surface area contributed by atoms with Crippen molar-refractivity contribution < 1.29 is 8.78 Å². The van der Waals surface area contributed by atoms with Gasteiger partial charge in [0.15, 0.2) is 0 Å². The molecule has 0 saturated heterocycles. The highest BCUT2D eigenvalue weighted by atomic mass is 19.3. The molecule has 0 atom stereocenters. The third kappa shape index (κ3) is 1.21. The molecule has 12 heavy (non-hydrogen) atoms. The predicted octanol–water partition coefficient (Wildman–Crippen LogP) is 2.24. The third-order valence-corrected chi connectivity index (χ3v) is 2.15. The molecule has 1 aromatic heterocycles. The highest BCUT2D eigenvalue weighted by Gasteiger charge is 2.28. The van der Waals surface area contributed by atoms with Crippen LogP contribution in [0.4, 0.5) is 8.78 Å². The summed E-state index contributed by atoms with van der Waals surface area (Å²) in [5, 5.41) is 3.74. The molecule has 1 heterocycles. The van der Waals surface area contributed by atoms with Crippen molar-refractivity contribution in [3.8, 4) is 0 Å². The van der Waals surface area contributed by atoms with E-state index in [-0.39, 0.29) is 5.69 Å². The molecule has 1 aromatic rings. The molecule has 1 saturated carbocycles. The van der Waals surface area contributed by atoms with E-state index in [1.807, 2.05) is 0 Å². The van der Waals surface area contributed by atoms with Crippen LogP contribution < -0.4 is 0 Å². The standard InChI is InChI=1S/C8H10F2N2/c1-12-7(5-2-3-5)4-6(11-12)8(9)10/h4-5,8H,2-3H2,1H3. The molecule has 1 fully saturated rings. The molecule has 0 N–H and O–H groups in total. The van der Waals surface area contributed by atoms with Gasteiger partial charge in [-0.25, -0.2) is 8.78 Å². The summed E-state index contributed by atoms with van der Waals surface area (Å²) in [4.78, 5) is 0. The Bertz CT molecular complexity index is 289. The van der Waals surface area contributed by atoms with Gasteiger partial charge in [0, 0.05) is 18.7 Å². The fourth-order valence-electron chi connectivity index (χ4n) is 1.37. The zero-order valence-corrected chi connectivity index (χ0v) is 6.80. The van der Waals surface area contributed by atoms with Crippen LogP contribution in [0.5, 0.6) is 0 Å². The Morgan fingerprint density at radius 3 is 2.67 bits per heavy atom. The quantitative estimate of drug-likeness (QED) is 0.668. The molecule has 0 aliphatic heterocycles. The van der Waals surface area contributed by atoms with Gasteiger partial charge in [-0.3, -0.25) is 4.68 Å². The van der Waals surface area contributed by atoms with Crippen molar-refractivity contribution in [3.05, 3.63) is 17.5 Å². The highest BCUT2D eigenvalue weighted by molar-refractivity contribution is 5.19. The minimum atomic E-state index is -2.44. The van der Waals surface area contributed by atoms with Gasteiger partial charge in [-0.2, -0.15) is 5.10 Å². The van der Waals surface area contributed by atoms with Gasteiger partial charge in [-0.05, 0) is 18.9 Å². The van der Waals surface area contributed by atoms with E-state index in [1.165, 1.54) is 6.07 Å². The largest absolute Gasteiger partial charge is 0.282 e. The minimum absolute atomic E-state index is 0.0978. The van der Waals surface area contributed by atoms with E-state index in [2.05, 4.69) is 5.10 Å². The van der Waals surface area contributed by atoms with Gasteiger partial charge in [0.2, 0.25) is 0 Å². The molecule has 0 spiro atoms. The summed E-state index contributed by atoms with van der Waals surface area (Å²) in [6.07, 6.45) is -0.214. The maximum absolute atomic E-state index is 12.2. The lowest BCUT2D eigenvalue weighted by molar-refractivity contribution is 0.145. The lowest BCUT2D eigenvalue weighted by atomic mass is 10.2. The summed E-state index contributed by atoms with van der Waals surface area (Å²) in [5.41, 5.74) is 0.852. The Hall–Kier alpha value is -0.930. The molecule has 4 heteroatoms. The molecule has 1 aliphatic rings. The van der Waals surface area contributed by atoms with Gasteiger partial charge in [-0.15, -0.1) is 0 Å². The van der Waals surface area contributed by atoms with Gasteiger partial charge in [0.05, 0.1) is 0 Å². The molecule has 0 aromatic carbocycles. The van der Waals surface area contributed by atoms with Crippen molar-refractivity contribution in [3.63, 3.8) is 0 Å². The Balaban J connectivity index is 2.30. The van der Waals surface area contributed by atoms with E-state index in [0.717, 1.165) is 18.5 Å². The first-order valence-corrected chi connectivity index (χ1v) is 4.00. The number of nitrogens with zero attached hydrogens (tertiary/aromatic N) is 2. The second-order valence-electron chi connectivity index (χ2n) is 3.19. The van der Waals surface area contributed by atoms with Crippen molar-refractivity contribution in [2.75, 3.05) is 0 Å². The zero-order valence-electron chi connectivity index (χ0n) is 6.80. The molecule has 0 radical (unpaired) electrons. The molecule has 0 amide bonds. The van der Waals surface area contributed by atoms with Gasteiger partial charge in [0.1, 0.15) is 5.69 Å². The SMILES string of the molecule is Cn1nc(C(F)F)cc1C1CC1. The van der Waals surface area contributed by atoms with Crippen LogP contribution in [0.1, 0.15) is 36.6 Å². The number of hydrogen-bond donors (Lipinski definition) is 0. The normalized spacial score (nSPS) is 17.3. The fraction of sp³-hybridized carbons (Fsp3) is 0.625. The number of halogens is 2. The van der Waals surface area contributed by atoms with Crippen LogP contribution in [0, 0.1) is 0 Å². The molecular weight excluding hydrogens is 162 g/mol. The zero-order chi connectivity index (χ0) is 8.72. The maximum Gasteiger partial charge on any atom is 0.282 e. The van der Waals surface area contributed by atoms with Gasteiger partial charge in [-0.1, -0.05) is 0 Å². The highest BCUT2D eigenvalue weighted by Crippen LogP contribution is 2.40. The molecule has 1 aliphatic carbocycles. The topological polar surface area (TPSA) is 17.8 Å². The lowest BCUT2D eigenvalue weighted by Crippen LogP contribution is -1.96. The van der Waals surface area contributed by atoms with Crippen molar-refractivity contribution >= 4 is 0 Å². The van der Waals surface area contributed by atoms with Crippen molar-refractivity contribution in [2.45, 2.75) is 25.2 Å². The lowest BCUT2D eigenvalue weighted by Gasteiger charge is -1.95. The van der Waals surface area contributed by atoms with Gasteiger partial charge >= 0.3 is 0 Å². The van der Waals surface area contributed by atoms with Crippen LogP contribution in [-0.4, -0.2) is 9.78 Å². The van der Waals surface area contributed by atoms with Crippen LogP contribution >= 0.6 is 0 Å². The second-order valence-corrected chi connectivity index (χ2v) is 3.19. The van der Waals surface area contributed by atoms with E-state index < -0.39 is 6.43 Å². The number of aromatic nitrogens is 2. The maximum atomic E-state index is 12.2. The summed E-state index contributed by atoms with van der Waals surface area (Å²) in [5.74, 6) is 0.481. The van der Waals surface area contributed by atoms with Crippen LogP contribution in [0.2, 0.25) is 0 Å². The summed E-state index contributed by atoms with van der Waals surface area (Å²) >= 11 is 0. The number of aryl methyl sites for hydroxylation is 1. The Labute approximate surface area is 69.2 Å². The average molecular weight is 172 g/mol. The van der Waals surface area contributed by atoms with Crippen LogP contribution in [0.25, 0.3) is 0 Å². The first-order chi connectivity index (χ1) is 5.68. The number of hydrogen-bond acceptors (Lipinski definition) is 1. The Morgan fingerprint density at radius 1 is 1.58 bits per heavy atom. The molecular formula is C8H10F2N2. The predicted molar refractivity (Wildman–Crippen MR) is 40.1 cm³/mol. The fourth-order valence-corrected chi connectivity index (χ4v) is 1.37. The molecule has 0 bridgehead atoms. The molecule has 2 nitrogen and oxygen atoms in total. The summed E-state index contributed by atoms with van der Waals surface area (Å²) < 4.78 is 25.9. The Kier molecular flexibility index (Phi) is 1.63. The molecule has 0 unspecified atom stereocenters. The smallest absolute Gasteiger partial charge is 0.272 e. The van der Waals surface area contributed by atoms with E-state index in [0.29, 0.717) is 5.92 Å². The second kappa shape index (κ2) is 2.54. The third-order valence-electron chi connectivity index (χ3n) is 2.15. The van der Waals surface area contributed by atoms with Crippen molar-refractivity contribution in [1.29, 1.82) is 0 Å². The summed E-state index contributed by atoms with van der Waals surface area (Å²) in [7, 11) is 1.72. The number of alkyl halides is 2. The van der Waals surface area contributed by atoms with E-state index in [1.54, 1.807) is 11.7 Å². The van der Waals surface area contributed by atoms with Gasteiger partial charge in [0.25, 0.3) is 6.43 Å². The Morgan fingerprint density at radius 2 is 2.25 bits per heavy atom. The van der Waals surface area contributed by atoms with Crippen LogP contribution in [0.3, 0.4) is 0 Å². The van der Waals surface area contributed by atoms with E-state index in [4.69, 9.17) is 0 Å².